The summed E-state index contributed by atoms with van der Waals surface area (Å²) in [5, 5.41) is 6.57. The first-order valence-corrected chi connectivity index (χ1v) is 3.71. The number of nitrogens with one attached hydrogen (secondary N) is 3. The van der Waals surface area contributed by atoms with Crippen molar-refractivity contribution >= 4 is 12.3 Å². The Bertz CT molecular complexity index is 307. The zero-order chi connectivity index (χ0) is 9.68. The minimum atomic E-state index is -0.307. The molecule has 0 saturated heterocycles. The summed E-state index contributed by atoms with van der Waals surface area (Å²) in [5.74, 6) is -0.307. The Morgan fingerprint density at radius 2 is 2.54 bits per heavy atom. The number of aromatic amines is 1. The summed E-state index contributed by atoms with van der Waals surface area (Å²) < 4.78 is 0. The van der Waals surface area contributed by atoms with Crippen LogP contribution in [0.4, 0.5) is 0 Å². The van der Waals surface area contributed by atoms with E-state index in [1.807, 2.05) is 6.92 Å². The van der Waals surface area contributed by atoms with Crippen molar-refractivity contribution in [2.24, 2.45) is 0 Å². The largest absolute Gasteiger partial charge is 0.283 e. The van der Waals surface area contributed by atoms with Crippen molar-refractivity contribution < 1.29 is 9.59 Å². The molecule has 6 heteroatoms. The van der Waals surface area contributed by atoms with Gasteiger partial charge in [0.2, 0.25) is 12.3 Å². The van der Waals surface area contributed by atoms with Gasteiger partial charge < -0.3 is 0 Å². The molecule has 0 spiro atoms. The molecule has 70 valence electrons. The Hall–Kier alpha value is -1.85. The fourth-order valence-electron chi connectivity index (χ4n) is 0.884. The lowest BCUT2D eigenvalue weighted by molar-refractivity contribution is -0.124. The van der Waals surface area contributed by atoms with Crippen LogP contribution in [0.3, 0.4) is 0 Å². The van der Waals surface area contributed by atoms with Gasteiger partial charge in [0, 0.05) is 5.69 Å². The lowest BCUT2D eigenvalue weighted by Crippen LogP contribution is -2.37. The molecule has 2 amide bonds. The smallest absolute Gasteiger partial charge is 0.244 e. The molecule has 0 aromatic carbocycles. The predicted octanol–water partition coefficient (Wildman–Crippen LogP) is -0.962. The van der Waals surface area contributed by atoms with E-state index in [0.29, 0.717) is 12.1 Å². The standard InChI is InChI=1S/C7H10N4O2/c1-5-2-6(10-9-5)3-7(13)11-8-4-12/h2,4H,3H2,1H3,(H,8,12)(H,9,10)(H,11,13). The first-order valence-electron chi connectivity index (χ1n) is 3.71. The number of hydrazine groups is 1. The molecule has 0 radical (unpaired) electrons. The van der Waals surface area contributed by atoms with Crippen LogP contribution in [0.15, 0.2) is 6.07 Å². The number of carbonyl (C=O) groups excluding carboxylic acids is 2. The van der Waals surface area contributed by atoms with E-state index in [2.05, 4.69) is 21.0 Å². The quantitative estimate of drug-likeness (QED) is 0.414. The van der Waals surface area contributed by atoms with Crippen LogP contribution in [-0.2, 0) is 16.0 Å². The third-order valence-corrected chi connectivity index (χ3v) is 1.37. The van der Waals surface area contributed by atoms with Crippen molar-refractivity contribution in [1.82, 2.24) is 21.0 Å². The molecule has 0 saturated carbocycles. The maximum absolute atomic E-state index is 11.0. The highest BCUT2D eigenvalue weighted by Crippen LogP contribution is 1.97. The molecule has 0 unspecified atom stereocenters. The normalized spacial score (nSPS) is 9.31. The van der Waals surface area contributed by atoms with Crippen LogP contribution in [-0.4, -0.2) is 22.5 Å². The highest BCUT2D eigenvalue weighted by atomic mass is 16.2. The Morgan fingerprint density at radius 3 is 3.08 bits per heavy atom. The summed E-state index contributed by atoms with van der Waals surface area (Å²) >= 11 is 0. The van der Waals surface area contributed by atoms with E-state index in [9.17, 15) is 9.59 Å². The Morgan fingerprint density at radius 1 is 1.77 bits per heavy atom. The van der Waals surface area contributed by atoms with Gasteiger partial charge in [0.25, 0.3) is 0 Å². The monoisotopic (exact) mass is 182 g/mol. The van der Waals surface area contributed by atoms with Gasteiger partial charge in [0.15, 0.2) is 0 Å². The van der Waals surface area contributed by atoms with Gasteiger partial charge in [-0.05, 0) is 13.0 Å². The number of H-pyrrole nitrogens is 1. The van der Waals surface area contributed by atoms with Crippen LogP contribution in [0.1, 0.15) is 11.4 Å². The van der Waals surface area contributed by atoms with Crippen molar-refractivity contribution in [3.05, 3.63) is 17.5 Å². The van der Waals surface area contributed by atoms with Gasteiger partial charge in [-0.25, -0.2) is 0 Å². The Labute approximate surface area is 74.7 Å². The van der Waals surface area contributed by atoms with E-state index < -0.39 is 0 Å². The average molecular weight is 182 g/mol. The number of rotatable bonds is 4. The van der Waals surface area contributed by atoms with Crippen LogP contribution in [0.2, 0.25) is 0 Å². The SMILES string of the molecule is Cc1cc(CC(=O)NNC=O)n[nH]1. The number of hydrogen-bond donors (Lipinski definition) is 3. The Balaban J connectivity index is 2.40. The van der Waals surface area contributed by atoms with Gasteiger partial charge in [-0.1, -0.05) is 0 Å². The summed E-state index contributed by atoms with van der Waals surface area (Å²) in [4.78, 5) is 20.8. The third kappa shape index (κ3) is 2.94. The molecule has 0 aliphatic rings. The molecule has 1 heterocycles. The Kier molecular flexibility index (Phi) is 3.02. The minimum Gasteiger partial charge on any atom is -0.283 e. The summed E-state index contributed by atoms with van der Waals surface area (Å²) in [6.45, 7) is 1.85. The van der Waals surface area contributed by atoms with E-state index in [1.54, 1.807) is 6.07 Å². The fourth-order valence-corrected chi connectivity index (χ4v) is 0.884. The highest BCUT2D eigenvalue weighted by molar-refractivity contribution is 5.78. The molecule has 0 atom stereocenters. The molecule has 13 heavy (non-hydrogen) atoms. The molecule has 3 N–H and O–H groups in total. The van der Waals surface area contributed by atoms with E-state index in [1.165, 1.54) is 0 Å². The molecular weight excluding hydrogens is 172 g/mol. The summed E-state index contributed by atoms with van der Waals surface area (Å²) in [7, 11) is 0. The number of aromatic nitrogens is 2. The molecule has 1 rings (SSSR count). The van der Waals surface area contributed by atoms with Crippen LogP contribution in [0.5, 0.6) is 0 Å². The van der Waals surface area contributed by atoms with Gasteiger partial charge in [-0.3, -0.25) is 25.5 Å². The van der Waals surface area contributed by atoms with Crippen molar-refractivity contribution in [1.29, 1.82) is 0 Å². The number of hydrogen-bond acceptors (Lipinski definition) is 3. The topological polar surface area (TPSA) is 86.9 Å². The molecular formula is C7H10N4O2. The van der Waals surface area contributed by atoms with Crippen LogP contribution in [0, 0.1) is 6.92 Å². The van der Waals surface area contributed by atoms with Crippen LogP contribution >= 0.6 is 0 Å². The second-order valence-corrected chi connectivity index (χ2v) is 2.53. The van der Waals surface area contributed by atoms with Gasteiger partial charge in [0.1, 0.15) is 0 Å². The summed E-state index contributed by atoms with van der Waals surface area (Å²) in [6.07, 6.45) is 0.541. The third-order valence-electron chi connectivity index (χ3n) is 1.37. The lowest BCUT2D eigenvalue weighted by atomic mass is 10.3. The fraction of sp³-hybridized carbons (Fsp3) is 0.286. The van der Waals surface area contributed by atoms with E-state index in [0.717, 1.165) is 5.69 Å². The van der Waals surface area contributed by atoms with Crippen molar-refractivity contribution in [2.45, 2.75) is 13.3 Å². The van der Waals surface area contributed by atoms with Gasteiger partial charge in [-0.15, -0.1) is 0 Å². The van der Waals surface area contributed by atoms with E-state index in [-0.39, 0.29) is 12.3 Å². The number of aryl methyl sites for hydroxylation is 1. The van der Waals surface area contributed by atoms with E-state index in [4.69, 9.17) is 0 Å². The van der Waals surface area contributed by atoms with Crippen molar-refractivity contribution in [3.8, 4) is 0 Å². The molecule has 0 aliphatic carbocycles. The zero-order valence-electron chi connectivity index (χ0n) is 7.13. The van der Waals surface area contributed by atoms with Gasteiger partial charge >= 0.3 is 0 Å². The van der Waals surface area contributed by atoms with E-state index >= 15 is 0 Å². The van der Waals surface area contributed by atoms with Crippen LogP contribution in [0.25, 0.3) is 0 Å². The molecule has 1 aromatic rings. The molecule has 0 fully saturated rings. The first-order chi connectivity index (χ1) is 6.22. The number of nitrogens with zero attached hydrogens (tertiary/aromatic N) is 1. The maximum atomic E-state index is 11.0. The number of carbonyl (C=O) groups is 2. The predicted molar refractivity (Wildman–Crippen MR) is 44.4 cm³/mol. The molecule has 0 aliphatic heterocycles. The highest BCUT2D eigenvalue weighted by Gasteiger charge is 2.04. The van der Waals surface area contributed by atoms with Crippen LogP contribution < -0.4 is 10.9 Å². The molecule has 6 nitrogen and oxygen atoms in total. The van der Waals surface area contributed by atoms with Crippen molar-refractivity contribution in [3.63, 3.8) is 0 Å². The zero-order valence-corrected chi connectivity index (χ0v) is 7.13. The minimum absolute atomic E-state index is 0.144. The molecule has 0 bridgehead atoms. The average Bonchev–Trinajstić information content (AvgIpc) is 2.48. The second kappa shape index (κ2) is 4.24. The van der Waals surface area contributed by atoms with Gasteiger partial charge in [-0.2, -0.15) is 5.10 Å². The lowest BCUT2D eigenvalue weighted by Gasteiger charge is -1.98. The molecule has 1 aromatic heterocycles. The van der Waals surface area contributed by atoms with Crippen molar-refractivity contribution in [2.75, 3.05) is 0 Å². The summed E-state index contributed by atoms with van der Waals surface area (Å²) in [5.41, 5.74) is 5.77. The second-order valence-electron chi connectivity index (χ2n) is 2.53. The maximum Gasteiger partial charge on any atom is 0.244 e. The van der Waals surface area contributed by atoms with Gasteiger partial charge in [0.05, 0.1) is 12.1 Å². The number of amides is 2. The summed E-state index contributed by atoms with van der Waals surface area (Å²) in [6, 6.07) is 1.76. The first kappa shape index (κ1) is 9.24.